The number of rotatable bonds is 4. The quantitative estimate of drug-likeness (QED) is 0.789. The van der Waals surface area contributed by atoms with Crippen LogP contribution in [-0.4, -0.2) is 17.1 Å². The fourth-order valence-electron chi connectivity index (χ4n) is 2.00. The second kappa shape index (κ2) is 6.22. The van der Waals surface area contributed by atoms with Gasteiger partial charge in [0.25, 0.3) is 0 Å². The Kier molecular flexibility index (Phi) is 3.96. The second-order valence-electron chi connectivity index (χ2n) is 4.63. The van der Waals surface area contributed by atoms with Gasteiger partial charge < -0.3 is 10.1 Å². The molecule has 22 heavy (non-hydrogen) atoms. The van der Waals surface area contributed by atoms with Gasteiger partial charge in [0.2, 0.25) is 5.95 Å². The largest absolute Gasteiger partial charge is 0.497 e. The van der Waals surface area contributed by atoms with E-state index in [9.17, 15) is 4.39 Å². The standard InChI is InChI=1S/C17H14FN3O/c1-22-15-8-6-14(7-9-15)20-17-19-11-10-16(21-17)12-2-4-13(18)5-3-12/h2-11H,1H3,(H,19,20,21). The minimum absolute atomic E-state index is 0.269. The van der Waals surface area contributed by atoms with Crippen molar-refractivity contribution in [1.82, 2.24) is 9.97 Å². The number of nitrogens with one attached hydrogen (secondary N) is 1. The molecule has 0 fully saturated rings. The highest BCUT2D eigenvalue weighted by Crippen LogP contribution is 2.21. The van der Waals surface area contributed by atoms with Crippen molar-refractivity contribution in [1.29, 1.82) is 0 Å². The lowest BCUT2D eigenvalue weighted by molar-refractivity contribution is 0.415. The second-order valence-corrected chi connectivity index (χ2v) is 4.63. The summed E-state index contributed by atoms with van der Waals surface area (Å²) in [6.07, 6.45) is 1.66. The number of ether oxygens (including phenoxy) is 1. The van der Waals surface area contributed by atoms with Crippen molar-refractivity contribution in [2.24, 2.45) is 0 Å². The summed E-state index contributed by atoms with van der Waals surface area (Å²) < 4.78 is 18.1. The summed E-state index contributed by atoms with van der Waals surface area (Å²) in [5.74, 6) is 0.993. The van der Waals surface area contributed by atoms with E-state index in [0.717, 1.165) is 22.7 Å². The summed E-state index contributed by atoms with van der Waals surface area (Å²) in [5, 5.41) is 3.12. The average Bonchev–Trinajstić information content (AvgIpc) is 2.56. The molecule has 0 aliphatic carbocycles. The van der Waals surface area contributed by atoms with Crippen LogP contribution in [0.1, 0.15) is 0 Å². The summed E-state index contributed by atoms with van der Waals surface area (Å²) in [5.41, 5.74) is 2.42. The summed E-state index contributed by atoms with van der Waals surface area (Å²) in [6, 6.07) is 15.5. The number of benzene rings is 2. The van der Waals surface area contributed by atoms with Crippen molar-refractivity contribution >= 4 is 11.6 Å². The maximum Gasteiger partial charge on any atom is 0.227 e. The van der Waals surface area contributed by atoms with Crippen LogP contribution in [0.3, 0.4) is 0 Å². The number of methoxy groups -OCH3 is 1. The van der Waals surface area contributed by atoms with Gasteiger partial charge in [-0.15, -0.1) is 0 Å². The zero-order valence-corrected chi connectivity index (χ0v) is 12.0. The third-order valence-electron chi connectivity index (χ3n) is 3.14. The van der Waals surface area contributed by atoms with Crippen LogP contribution >= 0.6 is 0 Å². The fraction of sp³-hybridized carbons (Fsp3) is 0.0588. The first-order valence-electron chi connectivity index (χ1n) is 6.75. The van der Waals surface area contributed by atoms with Gasteiger partial charge in [-0.05, 0) is 54.6 Å². The number of hydrogen-bond donors (Lipinski definition) is 1. The lowest BCUT2D eigenvalue weighted by Gasteiger charge is -2.07. The Morgan fingerprint density at radius 3 is 2.36 bits per heavy atom. The summed E-state index contributed by atoms with van der Waals surface area (Å²) >= 11 is 0. The molecule has 3 aromatic rings. The monoisotopic (exact) mass is 295 g/mol. The minimum Gasteiger partial charge on any atom is -0.497 e. The van der Waals surface area contributed by atoms with Crippen LogP contribution in [0.15, 0.2) is 60.8 Å². The van der Waals surface area contributed by atoms with Crippen molar-refractivity contribution in [3.63, 3.8) is 0 Å². The van der Waals surface area contributed by atoms with Crippen LogP contribution in [0.25, 0.3) is 11.3 Å². The zero-order chi connectivity index (χ0) is 15.4. The number of halogens is 1. The van der Waals surface area contributed by atoms with E-state index in [0.29, 0.717) is 5.95 Å². The molecule has 0 radical (unpaired) electrons. The minimum atomic E-state index is -0.269. The zero-order valence-electron chi connectivity index (χ0n) is 12.0. The first-order valence-corrected chi connectivity index (χ1v) is 6.75. The SMILES string of the molecule is COc1ccc(Nc2nccc(-c3ccc(F)cc3)n2)cc1. The van der Waals surface area contributed by atoms with Gasteiger partial charge in [0.1, 0.15) is 11.6 Å². The predicted molar refractivity (Wildman–Crippen MR) is 83.7 cm³/mol. The Labute approximate surface area is 127 Å². The van der Waals surface area contributed by atoms with E-state index in [2.05, 4.69) is 15.3 Å². The van der Waals surface area contributed by atoms with E-state index in [1.165, 1.54) is 12.1 Å². The summed E-state index contributed by atoms with van der Waals surface area (Å²) in [7, 11) is 1.62. The number of anilines is 2. The Balaban J connectivity index is 1.82. The molecule has 0 saturated heterocycles. The maximum atomic E-state index is 13.0. The first-order chi connectivity index (χ1) is 10.7. The topological polar surface area (TPSA) is 47.0 Å². The number of nitrogens with zero attached hydrogens (tertiary/aromatic N) is 2. The summed E-state index contributed by atoms with van der Waals surface area (Å²) in [6.45, 7) is 0. The molecule has 0 unspecified atom stereocenters. The number of aromatic nitrogens is 2. The molecule has 0 saturated carbocycles. The van der Waals surface area contributed by atoms with Crippen molar-refractivity contribution in [2.45, 2.75) is 0 Å². The van der Waals surface area contributed by atoms with E-state index in [4.69, 9.17) is 4.74 Å². The molecule has 1 aromatic heterocycles. The van der Waals surface area contributed by atoms with E-state index in [1.54, 1.807) is 31.5 Å². The molecule has 0 bridgehead atoms. The highest BCUT2D eigenvalue weighted by molar-refractivity contribution is 5.62. The predicted octanol–water partition coefficient (Wildman–Crippen LogP) is 4.03. The van der Waals surface area contributed by atoms with Crippen LogP contribution in [0.2, 0.25) is 0 Å². The molecule has 1 N–H and O–H groups in total. The van der Waals surface area contributed by atoms with E-state index in [1.807, 2.05) is 24.3 Å². The van der Waals surface area contributed by atoms with Crippen LogP contribution in [0.4, 0.5) is 16.0 Å². The molecule has 110 valence electrons. The molecule has 0 aliphatic heterocycles. The molecule has 0 spiro atoms. The molecule has 3 rings (SSSR count). The van der Waals surface area contributed by atoms with Gasteiger partial charge in [0, 0.05) is 17.4 Å². The highest BCUT2D eigenvalue weighted by atomic mass is 19.1. The third kappa shape index (κ3) is 3.20. The van der Waals surface area contributed by atoms with Gasteiger partial charge in [-0.2, -0.15) is 0 Å². The Morgan fingerprint density at radius 1 is 0.955 bits per heavy atom. The van der Waals surface area contributed by atoms with Crippen LogP contribution < -0.4 is 10.1 Å². The van der Waals surface area contributed by atoms with Crippen LogP contribution in [0, 0.1) is 5.82 Å². The van der Waals surface area contributed by atoms with E-state index in [-0.39, 0.29) is 5.82 Å². The van der Waals surface area contributed by atoms with Gasteiger partial charge in [0.15, 0.2) is 0 Å². The Bertz CT molecular complexity index is 758. The smallest absolute Gasteiger partial charge is 0.227 e. The van der Waals surface area contributed by atoms with Gasteiger partial charge in [-0.1, -0.05) is 0 Å². The van der Waals surface area contributed by atoms with Crippen molar-refractivity contribution in [3.8, 4) is 17.0 Å². The van der Waals surface area contributed by atoms with E-state index < -0.39 is 0 Å². The molecule has 2 aromatic carbocycles. The van der Waals surface area contributed by atoms with Crippen LogP contribution in [-0.2, 0) is 0 Å². The molecular weight excluding hydrogens is 281 g/mol. The molecular formula is C17H14FN3O. The molecule has 4 nitrogen and oxygen atoms in total. The Hall–Kier alpha value is -2.95. The van der Waals surface area contributed by atoms with Crippen molar-refractivity contribution in [3.05, 3.63) is 66.6 Å². The van der Waals surface area contributed by atoms with Gasteiger partial charge >= 0.3 is 0 Å². The van der Waals surface area contributed by atoms with Gasteiger partial charge in [-0.3, -0.25) is 0 Å². The normalized spacial score (nSPS) is 10.3. The lowest BCUT2D eigenvalue weighted by atomic mass is 10.1. The molecule has 0 amide bonds. The Morgan fingerprint density at radius 2 is 1.68 bits per heavy atom. The fourth-order valence-corrected chi connectivity index (χ4v) is 2.00. The molecule has 0 aliphatic rings. The average molecular weight is 295 g/mol. The van der Waals surface area contributed by atoms with Crippen LogP contribution in [0.5, 0.6) is 5.75 Å². The highest BCUT2D eigenvalue weighted by Gasteiger charge is 2.03. The van der Waals surface area contributed by atoms with E-state index >= 15 is 0 Å². The maximum absolute atomic E-state index is 13.0. The molecule has 1 heterocycles. The number of hydrogen-bond acceptors (Lipinski definition) is 4. The third-order valence-corrected chi connectivity index (χ3v) is 3.14. The lowest BCUT2D eigenvalue weighted by Crippen LogP contribution is -1.98. The molecule has 5 heteroatoms. The first kappa shape index (κ1) is 14.0. The van der Waals surface area contributed by atoms with Gasteiger partial charge in [0.05, 0.1) is 12.8 Å². The van der Waals surface area contributed by atoms with Gasteiger partial charge in [-0.25, -0.2) is 14.4 Å². The van der Waals surface area contributed by atoms with Crippen molar-refractivity contribution in [2.75, 3.05) is 12.4 Å². The molecule has 0 atom stereocenters. The van der Waals surface area contributed by atoms with Crippen molar-refractivity contribution < 1.29 is 9.13 Å². The summed E-state index contributed by atoms with van der Waals surface area (Å²) in [4.78, 5) is 8.63.